The second kappa shape index (κ2) is 7.37. The maximum absolute atomic E-state index is 12.9. The summed E-state index contributed by atoms with van der Waals surface area (Å²) in [4.78, 5) is 17.5. The summed E-state index contributed by atoms with van der Waals surface area (Å²) in [6, 6.07) is 12.0. The number of hydrogen-bond acceptors (Lipinski definition) is 5. The fourth-order valence-electron chi connectivity index (χ4n) is 3.36. The van der Waals surface area contributed by atoms with E-state index in [2.05, 4.69) is 22.3 Å². The Morgan fingerprint density at radius 3 is 2.85 bits per heavy atom. The van der Waals surface area contributed by atoms with E-state index in [1.54, 1.807) is 16.1 Å². The summed E-state index contributed by atoms with van der Waals surface area (Å²) < 4.78 is 0. The third-order valence-corrected chi connectivity index (χ3v) is 5.68. The van der Waals surface area contributed by atoms with Crippen LogP contribution in [0.4, 0.5) is 0 Å². The highest BCUT2D eigenvalue weighted by atomic mass is 32.1. The van der Waals surface area contributed by atoms with Gasteiger partial charge in [0.25, 0.3) is 5.91 Å². The fourth-order valence-corrected chi connectivity index (χ4v) is 4.00. The summed E-state index contributed by atoms with van der Waals surface area (Å²) >= 11 is 1.59. The van der Waals surface area contributed by atoms with E-state index in [0.29, 0.717) is 12.4 Å². The molecular weight excluding hydrogens is 346 g/mol. The van der Waals surface area contributed by atoms with Gasteiger partial charge in [0.15, 0.2) is 0 Å². The van der Waals surface area contributed by atoms with E-state index in [1.165, 1.54) is 5.56 Å². The predicted molar refractivity (Wildman–Crippen MR) is 101 cm³/mol. The minimum atomic E-state index is 0.0914. The molecule has 0 bridgehead atoms. The number of nitrogens with zero attached hydrogens (tertiary/aromatic N) is 5. The smallest absolute Gasteiger partial charge is 0.254 e. The van der Waals surface area contributed by atoms with Gasteiger partial charge < -0.3 is 4.90 Å². The SMILES string of the molecule is CCc1ccc(C(=O)N2CCC[C@@H]2Cn2nnc(-c3cccs3)n2)cc1. The lowest BCUT2D eigenvalue weighted by Crippen LogP contribution is -2.38. The highest BCUT2D eigenvalue weighted by Crippen LogP contribution is 2.23. The van der Waals surface area contributed by atoms with Crippen LogP contribution in [0.2, 0.25) is 0 Å². The van der Waals surface area contributed by atoms with E-state index < -0.39 is 0 Å². The predicted octanol–water partition coefficient (Wildman–Crippen LogP) is 3.27. The number of benzene rings is 1. The Bertz CT molecular complexity index is 872. The first-order valence-electron chi connectivity index (χ1n) is 8.96. The summed E-state index contributed by atoms with van der Waals surface area (Å²) in [6.45, 7) is 3.48. The van der Waals surface area contributed by atoms with Gasteiger partial charge in [-0.1, -0.05) is 25.1 Å². The van der Waals surface area contributed by atoms with Crippen LogP contribution in [0.3, 0.4) is 0 Å². The molecule has 1 amide bonds. The Morgan fingerprint density at radius 1 is 1.27 bits per heavy atom. The van der Waals surface area contributed by atoms with Crippen molar-refractivity contribution in [3.63, 3.8) is 0 Å². The van der Waals surface area contributed by atoms with Crippen molar-refractivity contribution in [2.24, 2.45) is 0 Å². The molecular formula is C19H21N5OS. The number of amides is 1. The van der Waals surface area contributed by atoms with E-state index in [1.807, 2.05) is 46.7 Å². The van der Waals surface area contributed by atoms with Gasteiger partial charge in [-0.2, -0.15) is 4.80 Å². The molecule has 1 aliphatic rings. The summed E-state index contributed by atoms with van der Waals surface area (Å²) in [5.41, 5.74) is 1.99. The van der Waals surface area contributed by atoms with E-state index in [0.717, 1.165) is 36.2 Å². The number of aromatic nitrogens is 4. The van der Waals surface area contributed by atoms with Gasteiger partial charge in [0.2, 0.25) is 5.82 Å². The lowest BCUT2D eigenvalue weighted by molar-refractivity contribution is 0.0718. The van der Waals surface area contributed by atoms with Crippen molar-refractivity contribution in [2.45, 2.75) is 38.8 Å². The molecule has 134 valence electrons. The first-order valence-corrected chi connectivity index (χ1v) is 9.84. The van der Waals surface area contributed by atoms with Gasteiger partial charge in [0, 0.05) is 12.1 Å². The van der Waals surface area contributed by atoms with Crippen LogP contribution in [-0.4, -0.2) is 43.6 Å². The van der Waals surface area contributed by atoms with Gasteiger partial charge in [-0.3, -0.25) is 4.79 Å². The normalized spacial score (nSPS) is 17.0. The molecule has 1 aliphatic heterocycles. The summed E-state index contributed by atoms with van der Waals surface area (Å²) in [5, 5.41) is 14.8. The van der Waals surface area contributed by atoms with Gasteiger partial charge in [-0.25, -0.2) is 0 Å². The molecule has 1 fully saturated rings. The number of hydrogen-bond donors (Lipinski definition) is 0. The first kappa shape index (κ1) is 16.9. The third kappa shape index (κ3) is 3.39. The zero-order valence-corrected chi connectivity index (χ0v) is 15.5. The van der Waals surface area contributed by atoms with Crippen molar-refractivity contribution in [1.82, 2.24) is 25.1 Å². The van der Waals surface area contributed by atoms with Crippen molar-refractivity contribution < 1.29 is 4.79 Å². The molecule has 7 heteroatoms. The van der Waals surface area contributed by atoms with Crippen LogP contribution in [0.25, 0.3) is 10.7 Å². The lowest BCUT2D eigenvalue weighted by atomic mass is 10.1. The van der Waals surface area contributed by atoms with E-state index >= 15 is 0 Å². The Balaban J connectivity index is 1.47. The van der Waals surface area contributed by atoms with Crippen LogP contribution >= 0.6 is 11.3 Å². The van der Waals surface area contributed by atoms with Crippen LogP contribution in [-0.2, 0) is 13.0 Å². The Kier molecular flexibility index (Phi) is 4.79. The average Bonchev–Trinajstić information content (AvgIpc) is 3.43. The summed E-state index contributed by atoms with van der Waals surface area (Å²) in [5.74, 6) is 0.736. The Morgan fingerprint density at radius 2 is 2.12 bits per heavy atom. The minimum Gasteiger partial charge on any atom is -0.334 e. The van der Waals surface area contributed by atoms with Crippen molar-refractivity contribution in [1.29, 1.82) is 0 Å². The second-order valence-corrected chi connectivity index (χ2v) is 7.44. The van der Waals surface area contributed by atoms with Crippen molar-refractivity contribution in [3.8, 4) is 10.7 Å². The molecule has 3 aromatic rings. The second-order valence-electron chi connectivity index (χ2n) is 6.49. The van der Waals surface area contributed by atoms with Crippen LogP contribution < -0.4 is 0 Å². The number of carbonyl (C=O) groups excluding carboxylic acids is 1. The number of aryl methyl sites for hydroxylation is 1. The molecule has 3 heterocycles. The number of carbonyl (C=O) groups is 1. The molecule has 0 unspecified atom stereocenters. The molecule has 0 spiro atoms. The molecule has 4 rings (SSSR count). The largest absolute Gasteiger partial charge is 0.334 e. The standard InChI is InChI=1S/C19H21N5OS/c1-2-14-7-9-15(10-8-14)19(25)23-11-3-5-16(23)13-24-21-18(20-22-24)17-6-4-12-26-17/h4,6-10,12,16H,2-3,5,11,13H2,1H3/t16-/m1/s1. The van der Waals surface area contributed by atoms with Gasteiger partial charge >= 0.3 is 0 Å². The topological polar surface area (TPSA) is 63.9 Å². The third-order valence-electron chi connectivity index (χ3n) is 4.82. The summed E-state index contributed by atoms with van der Waals surface area (Å²) in [7, 11) is 0. The molecule has 26 heavy (non-hydrogen) atoms. The molecule has 1 atom stereocenters. The van der Waals surface area contributed by atoms with E-state index in [9.17, 15) is 4.79 Å². The van der Waals surface area contributed by atoms with Crippen LogP contribution in [0.5, 0.6) is 0 Å². The Hall–Kier alpha value is -2.54. The van der Waals surface area contributed by atoms with E-state index in [4.69, 9.17) is 0 Å². The van der Waals surface area contributed by atoms with Crippen molar-refractivity contribution in [2.75, 3.05) is 6.54 Å². The minimum absolute atomic E-state index is 0.0914. The van der Waals surface area contributed by atoms with Crippen LogP contribution in [0.15, 0.2) is 41.8 Å². The zero-order chi connectivity index (χ0) is 17.9. The fraction of sp³-hybridized carbons (Fsp3) is 0.368. The average molecular weight is 367 g/mol. The molecule has 6 nitrogen and oxygen atoms in total. The number of thiophene rings is 1. The summed E-state index contributed by atoms with van der Waals surface area (Å²) in [6.07, 6.45) is 2.95. The van der Waals surface area contributed by atoms with Crippen molar-refractivity contribution in [3.05, 3.63) is 52.9 Å². The molecule has 2 aromatic heterocycles. The molecule has 0 radical (unpaired) electrons. The van der Waals surface area contributed by atoms with Gasteiger partial charge in [0.1, 0.15) is 0 Å². The van der Waals surface area contributed by atoms with E-state index in [-0.39, 0.29) is 11.9 Å². The van der Waals surface area contributed by atoms with Gasteiger partial charge in [-0.05, 0) is 53.6 Å². The highest BCUT2D eigenvalue weighted by Gasteiger charge is 2.30. The quantitative estimate of drug-likeness (QED) is 0.694. The number of rotatable bonds is 5. The zero-order valence-electron chi connectivity index (χ0n) is 14.7. The monoisotopic (exact) mass is 367 g/mol. The van der Waals surface area contributed by atoms with Crippen molar-refractivity contribution >= 4 is 17.2 Å². The van der Waals surface area contributed by atoms with Gasteiger partial charge in [-0.15, -0.1) is 21.5 Å². The van der Waals surface area contributed by atoms with Crippen LogP contribution in [0, 0.1) is 0 Å². The number of likely N-dealkylation sites (tertiary alicyclic amines) is 1. The molecule has 1 aromatic carbocycles. The highest BCUT2D eigenvalue weighted by molar-refractivity contribution is 7.13. The Labute approximate surface area is 156 Å². The number of tetrazole rings is 1. The molecule has 0 saturated carbocycles. The molecule has 0 aliphatic carbocycles. The lowest BCUT2D eigenvalue weighted by Gasteiger charge is -2.24. The molecule has 1 saturated heterocycles. The van der Waals surface area contributed by atoms with Gasteiger partial charge in [0.05, 0.1) is 17.5 Å². The van der Waals surface area contributed by atoms with Crippen LogP contribution in [0.1, 0.15) is 35.7 Å². The first-order chi connectivity index (χ1) is 12.7. The maximum atomic E-state index is 12.9. The maximum Gasteiger partial charge on any atom is 0.254 e. The molecule has 0 N–H and O–H groups in total.